The van der Waals surface area contributed by atoms with Crippen molar-refractivity contribution in [1.82, 2.24) is 0 Å². The van der Waals surface area contributed by atoms with Gasteiger partial charge in [0.2, 0.25) is 0 Å². The first-order valence-corrected chi connectivity index (χ1v) is 7.67. The summed E-state index contributed by atoms with van der Waals surface area (Å²) in [6.45, 7) is 0. The summed E-state index contributed by atoms with van der Waals surface area (Å²) in [5.74, 6) is 0.651. The number of hydrogen-bond acceptors (Lipinski definition) is 2. The molecule has 0 spiro atoms. The summed E-state index contributed by atoms with van der Waals surface area (Å²) in [6, 6.07) is 14.8. The second kappa shape index (κ2) is 6.52. The Morgan fingerprint density at radius 3 is 1.59 bits per heavy atom. The van der Waals surface area contributed by atoms with E-state index in [0.717, 1.165) is 36.8 Å². The van der Waals surface area contributed by atoms with E-state index in [9.17, 15) is 10.2 Å². The highest BCUT2D eigenvalue weighted by atomic mass is 16.3. The van der Waals surface area contributed by atoms with Gasteiger partial charge in [-0.15, -0.1) is 0 Å². The molecule has 2 N–H and O–H groups in total. The minimum atomic E-state index is 0.326. The Hall–Kier alpha value is -2.48. The Bertz CT molecular complexity index is 664. The third-order valence-corrected chi connectivity index (χ3v) is 4.04. The molecule has 0 aromatic heterocycles. The van der Waals surface area contributed by atoms with Gasteiger partial charge in [0.25, 0.3) is 0 Å². The largest absolute Gasteiger partial charge is 0.507 e. The summed E-state index contributed by atoms with van der Waals surface area (Å²) in [4.78, 5) is 0. The van der Waals surface area contributed by atoms with Crippen LogP contribution in [0.4, 0.5) is 0 Å². The molecule has 1 saturated carbocycles. The lowest BCUT2D eigenvalue weighted by molar-refractivity contribution is 0.473. The highest BCUT2D eigenvalue weighted by Gasteiger charge is 2.12. The molecular formula is C20H20O2. The lowest BCUT2D eigenvalue weighted by atomic mass is 9.88. The molecule has 22 heavy (non-hydrogen) atoms. The standard InChI is InChI=1S/C20H20O2/c21-19-10-3-1-8-17(19)13-15-6-5-7-16(12-15)14-18-9-2-4-11-20(18)22/h1-4,8-11,13-14,21-22H,5-7,12H2. The molecule has 1 fully saturated rings. The van der Waals surface area contributed by atoms with Gasteiger partial charge in [-0.1, -0.05) is 59.7 Å². The normalized spacial score (nSPS) is 18.7. The number of para-hydroxylation sites is 2. The molecule has 2 aromatic rings. The second-order valence-corrected chi connectivity index (χ2v) is 5.75. The first-order valence-electron chi connectivity index (χ1n) is 7.67. The molecule has 1 aliphatic rings. The number of allylic oxidation sites excluding steroid dienone is 2. The van der Waals surface area contributed by atoms with E-state index in [4.69, 9.17) is 0 Å². The van der Waals surface area contributed by atoms with Gasteiger partial charge in [-0.3, -0.25) is 0 Å². The van der Waals surface area contributed by atoms with Crippen LogP contribution in [0.1, 0.15) is 36.8 Å². The van der Waals surface area contributed by atoms with Gasteiger partial charge in [0, 0.05) is 11.1 Å². The number of hydrogen-bond donors (Lipinski definition) is 2. The lowest BCUT2D eigenvalue weighted by Crippen LogP contribution is -1.98. The van der Waals surface area contributed by atoms with Crippen molar-refractivity contribution < 1.29 is 10.2 Å². The summed E-state index contributed by atoms with van der Waals surface area (Å²) < 4.78 is 0. The number of rotatable bonds is 2. The van der Waals surface area contributed by atoms with Crippen LogP contribution < -0.4 is 0 Å². The van der Waals surface area contributed by atoms with Crippen molar-refractivity contribution in [3.8, 4) is 11.5 Å². The maximum absolute atomic E-state index is 9.89. The van der Waals surface area contributed by atoms with Crippen molar-refractivity contribution in [3.05, 3.63) is 70.8 Å². The molecule has 1 aliphatic carbocycles. The van der Waals surface area contributed by atoms with E-state index in [1.54, 1.807) is 12.1 Å². The lowest BCUT2D eigenvalue weighted by Gasteiger charge is -2.18. The van der Waals surface area contributed by atoms with E-state index >= 15 is 0 Å². The molecule has 0 amide bonds. The molecular weight excluding hydrogens is 272 g/mol. The first kappa shape index (κ1) is 14.5. The molecule has 112 valence electrons. The highest BCUT2D eigenvalue weighted by Crippen LogP contribution is 2.33. The Morgan fingerprint density at radius 1 is 0.682 bits per heavy atom. The zero-order valence-corrected chi connectivity index (χ0v) is 12.5. The molecule has 0 unspecified atom stereocenters. The Balaban J connectivity index is 1.83. The predicted octanol–water partition coefficient (Wildman–Crippen LogP) is 5.14. The predicted molar refractivity (Wildman–Crippen MR) is 90.6 cm³/mol. The third kappa shape index (κ3) is 3.40. The Morgan fingerprint density at radius 2 is 1.14 bits per heavy atom. The summed E-state index contributed by atoms with van der Waals surface area (Å²) in [5.41, 5.74) is 4.41. The van der Waals surface area contributed by atoms with Gasteiger partial charge in [0.1, 0.15) is 11.5 Å². The number of phenolic OH excluding ortho intramolecular Hbond substituents is 2. The smallest absolute Gasteiger partial charge is 0.122 e. The molecule has 0 bridgehead atoms. The van der Waals surface area contributed by atoms with Crippen molar-refractivity contribution in [2.75, 3.05) is 0 Å². The molecule has 2 aromatic carbocycles. The summed E-state index contributed by atoms with van der Waals surface area (Å²) in [5, 5.41) is 19.8. The number of benzene rings is 2. The second-order valence-electron chi connectivity index (χ2n) is 5.75. The average Bonchev–Trinajstić information content (AvgIpc) is 2.52. The van der Waals surface area contributed by atoms with Crippen LogP contribution in [0.2, 0.25) is 0 Å². The average molecular weight is 292 g/mol. The molecule has 0 saturated heterocycles. The van der Waals surface area contributed by atoms with Gasteiger partial charge in [0.15, 0.2) is 0 Å². The molecule has 3 rings (SSSR count). The fourth-order valence-electron chi connectivity index (χ4n) is 2.92. The molecule has 0 radical (unpaired) electrons. The third-order valence-electron chi connectivity index (χ3n) is 4.04. The van der Waals surface area contributed by atoms with Gasteiger partial charge in [-0.25, -0.2) is 0 Å². The SMILES string of the molecule is Oc1ccccc1C=C1CCCC(=Cc2ccccc2O)C1. The van der Waals surface area contributed by atoms with Crippen LogP contribution in [0, 0.1) is 0 Å². The monoisotopic (exact) mass is 292 g/mol. The van der Waals surface area contributed by atoms with Crippen LogP contribution in [0.25, 0.3) is 12.2 Å². The molecule has 2 heteroatoms. The van der Waals surface area contributed by atoms with E-state index in [0.29, 0.717) is 11.5 Å². The molecule has 0 heterocycles. The molecule has 2 nitrogen and oxygen atoms in total. The minimum Gasteiger partial charge on any atom is -0.507 e. The molecule has 0 aliphatic heterocycles. The zero-order chi connectivity index (χ0) is 15.4. The number of phenols is 2. The number of aromatic hydroxyl groups is 2. The van der Waals surface area contributed by atoms with Crippen molar-refractivity contribution in [2.45, 2.75) is 25.7 Å². The van der Waals surface area contributed by atoms with E-state index in [2.05, 4.69) is 12.2 Å². The van der Waals surface area contributed by atoms with Gasteiger partial charge in [0.05, 0.1) is 0 Å². The van der Waals surface area contributed by atoms with Gasteiger partial charge >= 0.3 is 0 Å². The Labute approximate surface area is 131 Å². The highest BCUT2D eigenvalue weighted by molar-refractivity contribution is 5.63. The van der Waals surface area contributed by atoms with Crippen LogP contribution >= 0.6 is 0 Å². The topological polar surface area (TPSA) is 40.5 Å². The van der Waals surface area contributed by atoms with Crippen molar-refractivity contribution in [2.24, 2.45) is 0 Å². The van der Waals surface area contributed by atoms with E-state index in [1.165, 1.54) is 11.1 Å². The Kier molecular flexibility index (Phi) is 4.29. The van der Waals surface area contributed by atoms with Gasteiger partial charge in [-0.05, 0) is 37.8 Å². The van der Waals surface area contributed by atoms with E-state index < -0.39 is 0 Å². The fraction of sp³-hybridized carbons (Fsp3) is 0.200. The maximum Gasteiger partial charge on any atom is 0.122 e. The van der Waals surface area contributed by atoms with Crippen molar-refractivity contribution in [1.29, 1.82) is 0 Å². The van der Waals surface area contributed by atoms with Crippen molar-refractivity contribution >= 4 is 12.2 Å². The van der Waals surface area contributed by atoms with Crippen LogP contribution in [0.15, 0.2) is 59.7 Å². The zero-order valence-electron chi connectivity index (χ0n) is 12.5. The summed E-state index contributed by atoms with van der Waals surface area (Å²) >= 11 is 0. The van der Waals surface area contributed by atoms with Crippen LogP contribution in [0.3, 0.4) is 0 Å². The van der Waals surface area contributed by atoms with Crippen molar-refractivity contribution in [3.63, 3.8) is 0 Å². The maximum atomic E-state index is 9.89. The van der Waals surface area contributed by atoms with E-state index in [-0.39, 0.29) is 0 Å². The van der Waals surface area contributed by atoms with Crippen LogP contribution in [-0.4, -0.2) is 10.2 Å². The molecule has 0 atom stereocenters. The summed E-state index contributed by atoms with van der Waals surface area (Å²) in [6.07, 6.45) is 8.32. The van der Waals surface area contributed by atoms with Gasteiger partial charge in [-0.2, -0.15) is 0 Å². The van der Waals surface area contributed by atoms with Crippen LogP contribution in [-0.2, 0) is 0 Å². The van der Waals surface area contributed by atoms with Gasteiger partial charge < -0.3 is 10.2 Å². The first-order chi connectivity index (χ1) is 10.7. The van der Waals surface area contributed by atoms with Crippen LogP contribution in [0.5, 0.6) is 11.5 Å². The van der Waals surface area contributed by atoms with E-state index in [1.807, 2.05) is 36.4 Å². The fourth-order valence-corrected chi connectivity index (χ4v) is 2.92. The minimum absolute atomic E-state index is 0.326. The summed E-state index contributed by atoms with van der Waals surface area (Å²) in [7, 11) is 0. The quantitative estimate of drug-likeness (QED) is 0.804.